The number of rotatable bonds is 8. The average Bonchev–Trinajstić information content (AvgIpc) is 2.71. The zero-order chi connectivity index (χ0) is 20.4. The number of nitrogens with zero attached hydrogens (tertiary/aromatic N) is 1. The van der Waals surface area contributed by atoms with E-state index in [0.717, 1.165) is 47.9 Å². The first-order chi connectivity index (χ1) is 13.6. The van der Waals surface area contributed by atoms with Crippen molar-refractivity contribution in [3.8, 4) is 5.75 Å². The fourth-order valence-corrected chi connectivity index (χ4v) is 2.89. The Hall–Kier alpha value is -3.02. The smallest absolute Gasteiger partial charge is 0.251 e. The molecule has 3 N–H and O–H groups in total. The molecule has 0 saturated heterocycles. The number of nitrogens with one attached hydrogen (secondary N) is 3. The van der Waals surface area contributed by atoms with Gasteiger partial charge >= 0.3 is 0 Å². The van der Waals surface area contributed by atoms with Gasteiger partial charge in [0.15, 0.2) is 5.96 Å². The summed E-state index contributed by atoms with van der Waals surface area (Å²) in [6.45, 7) is 6.18. The van der Waals surface area contributed by atoms with Gasteiger partial charge in [0.1, 0.15) is 5.75 Å². The first kappa shape index (κ1) is 21.3. The summed E-state index contributed by atoms with van der Waals surface area (Å²) in [5.41, 5.74) is 4.02. The van der Waals surface area contributed by atoms with E-state index in [1.54, 1.807) is 14.2 Å². The predicted molar refractivity (Wildman–Crippen MR) is 114 cm³/mol. The van der Waals surface area contributed by atoms with Crippen molar-refractivity contribution in [2.75, 3.05) is 27.2 Å². The van der Waals surface area contributed by atoms with Crippen LogP contribution in [0.15, 0.2) is 47.5 Å². The van der Waals surface area contributed by atoms with Gasteiger partial charge in [-0.2, -0.15) is 0 Å². The Morgan fingerprint density at radius 3 is 2.61 bits per heavy atom. The molecule has 0 aromatic heterocycles. The summed E-state index contributed by atoms with van der Waals surface area (Å²) >= 11 is 0. The predicted octanol–water partition coefficient (Wildman–Crippen LogP) is 2.66. The third-order valence-corrected chi connectivity index (χ3v) is 4.35. The maximum atomic E-state index is 11.8. The Balaban J connectivity index is 1.94. The van der Waals surface area contributed by atoms with Crippen molar-refractivity contribution in [1.29, 1.82) is 0 Å². The Bertz CT molecular complexity index is 818. The Kier molecular flexibility index (Phi) is 8.34. The molecule has 0 aliphatic carbocycles. The lowest BCUT2D eigenvalue weighted by Crippen LogP contribution is -2.38. The van der Waals surface area contributed by atoms with E-state index in [2.05, 4.69) is 27.0 Å². The van der Waals surface area contributed by atoms with Gasteiger partial charge in [0.05, 0.1) is 13.7 Å². The third-order valence-electron chi connectivity index (χ3n) is 4.35. The number of carbonyl (C=O) groups excluding carboxylic acids is 1. The fourth-order valence-electron chi connectivity index (χ4n) is 2.89. The number of benzene rings is 2. The molecule has 0 heterocycles. The number of amides is 1. The molecule has 6 heteroatoms. The maximum absolute atomic E-state index is 11.8. The van der Waals surface area contributed by atoms with E-state index in [1.807, 2.05) is 50.2 Å². The zero-order valence-electron chi connectivity index (χ0n) is 17.1. The molecular weight excluding hydrogens is 352 g/mol. The molecule has 0 spiro atoms. The Morgan fingerprint density at radius 2 is 1.93 bits per heavy atom. The van der Waals surface area contributed by atoms with Gasteiger partial charge in [-0.1, -0.05) is 24.3 Å². The second kappa shape index (κ2) is 11.0. The highest BCUT2D eigenvalue weighted by atomic mass is 16.5. The van der Waals surface area contributed by atoms with Crippen LogP contribution in [0, 0.1) is 6.92 Å². The molecule has 2 aromatic rings. The molecule has 150 valence electrons. The van der Waals surface area contributed by atoms with Crippen LogP contribution in [0.25, 0.3) is 0 Å². The van der Waals surface area contributed by atoms with E-state index in [9.17, 15) is 4.79 Å². The van der Waals surface area contributed by atoms with Gasteiger partial charge in [-0.15, -0.1) is 0 Å². The molecule has 0 aliphatic rings. The van der Waals surface area contributed by atoms with Crippen LogP contribution in [0.1, 0.15) is 34.0 Å². The van der Waals surface area contributed by atoms with Crippen molar-refractivity contribution in [2.24, 2.45) is 4.99 Å². The second-order valence-electron chi connectivity index (χ2n) is 6.46. The molecule has 2 aromatic carbocycles. The van der Waals surface area contributed by atoms with Crippen LogP contribution < -0.4 is 20.7 Å². The second-order valence-corrected chi connectivity index (χ2v) is 6.46. The number of aliphatic imine (C=N–C) groups is 1. The van der Waals surface area contributed by atoms with E-state index in [4.69, 9.17) is 4.74 Å². The summed E-state index contributed by atoms with van der Waals surface area (Å²) in [7, 11) is 3.32. The van der Waals surface area contributed by atoms with Crippen LogP contribution in [0.5, 0.6) is 5.75 Å². The zero-order valence-corrected chi connectivity index (χ0v) is 17.1. The number of aryl methyl sites for hydroxylation is 1. The number of methoxy groups -OCH3 is 1. The van der Waals surface area contributed by atoms with Crippen molar-refractivity contribution in [2.45, 2.75) is 26.8 Å². The number of hydrogen-bond acceptors (Lipinski definition) is 3. The van der Waals surface area contributed by atoms with Crippen LogP contribution in [0.3, 0.4) is 0 Å². The lowest BCUT2D eigenvalue weighted by Gasteiger charge is -2.12. The van der Waals surface area contributed by atoms with Crippen molar-refractivity contribution in [1.82, 2.24) is 16.0 Å². The monoisotopic (exact) mass is 382 g/mol. The minimum atomic E-state index is -0.0699. The van der Waals surface area contributed by atoms with E-state index < -0.39 is 0 Å². The number of hydrogen-bond donors (Lipinski definition) is 3. The molecule has 0 atom stereocenters. The van der Waals surface area contributed by atoms with Crippen LogP contribution in [-0.2, 0) is 13.0 Å². The van der Waals surface area contributed by atoms with Crippen LogP contribution >= 0.6 is 0 Å². The van der Waals surface area contributed by atoms with Gasteiger partial charge in [0.2, 0.25) is 0 Å². The Morgan fingerprint density at radius 1 is 1.11 bits per heavy atom. The van der Waals surface area contributed by atoms with Gasteiger partial charge in [-0.05, 0) is 55.2 Å². The molecule has 0 saturated carbocycles. The molecule has 2 rings (SSSR count). The SMILES string of the molecule is CCNC(=NCc1ccc(OC)c(C)c1)NCCc1cccc(C(=O)NC)c1. The minimum Gasteiger partial charge on any atom is -0.496 e. The largest absolute Gasteiger partial charge is 0.496 e. The topological polar surface area (TPSA) is 74.8 Å². The van der Waals surface area contributed by atoms with E-state index in [1.165, 1.54) is 0 Å². The maximum Gasteiger partial charge on any atom is 0.251 e. The van der Waals surface area contributed by atoms with Crippen LogP contribution in [0.4, 0.5) is 0 Å². The van der Waals surface area contributed by atoms with Gasteiger partial charge in [-0.25, -0.2) is 4.99 Å². The molecule has 0 bridgehead atoms. The van der Waals surface area contributed by atoms with Crippen molar-refractivity contribution in [3.05, 3.63) is 64.7 Å². The summed E-state index contributed by atoms with van der Waals surface area (Å²) in [4.78, 5) is 16.4. The van der Waals surface area contributed by atoms with Crippen molar-refractivity contribution >= 4 is 11.9 Å². The normalized spacial score (nSPS) is 11.1. The highest BCUT2D eigenvalue weighted by molar-refractivity contribution is 5.94. The third kappa shape index (κ3) is 6.30. The summed E-state index contributed by atoms with van der Waals surface area (Å²) in [6, 6.07) is 13.8. The highest BCUT2D eigenvalue weighted by Crippen LogP contribution is 2.18. The molecular formula is C22H30N4O2. The first-order valence-corrected chi connectivity index (χ1v) is 9.54. The van der Waals surface area contributed by atoms with Crippen LogP contribution in [0.2, 0.25) is 0 Å². The van der Waals surface area contributed by atoms with Gasteiger partial charge in [0, 0.05) is 25.7 Å². The minimum absolute atomic E-state index is 0.0699. The van der Waals surface area contributed by atoms with Crippen molar-refractivity contribution < 1.29 is 9.53 Å². The molecule has 6 nitrogen and oxygen atoms in total. The summed E-state index contributed by atoms with van der Waals surface area (Å²) in [5.74, 6) is 1.59. The quantitative estimate of drug-likeness (QED) is 0.485. The first-order valence-electron chi connectivity index (χ1n) is 9.54. The van der Waals surface area contributed by atoms with Crippen LogP contribution in [-0.4, -0.2) is 39.1 Å². The number of guanidine groups is 1. The average molecular weight is 383 g/mol. The molecule has 0 fully saturated rings. The summed E-state index contributed by atoms with van der Waals surface area (Å²) < 4.78 is 5.30. The molecule has 0 radical (unpaired) electrons. The van der Waals surface area contributed by atoms with E-state index >= 15 is 0 Å². The van der Waals surface area contributed by atoms with Gasteiger partial charge in [-0.3, -0.25) is 4.79 Å². The molecule has 28 heavy (non-hydrogen) atoms. The van der Waals surface area contributed by atoms with Crippen molar-refractivity contribution in [3.63, 3.8) is 0 Å². The molecule has 0 unspecified atom stereocenters. The number of ether oxygens (including phenoxy) is 1. The van der Waals surface area contributed by atoms with E-state index in [0.29, 0.717) is 12.1 Å². The number of carbonyl (C=O) groups is 1. The summed E-state index contributed by atoms with van der Waals surface area (Å²) in [6.07, 6.45) is 0.802. The molecule has 0 aliphatic heterocycles. The Labute approximate surface area is 167 Å². The highest BCUT2D eigenvalue weighted by Gasteiger charge is 2.04. The lowest BCUT2D eigenvalue weighted by molar-refractivity contribution is 0.0963. The standard InChI is InChI=1S/C22H30N4O2/c1-5-24-22(26-15-18-9-10-20(28-4)16(2)13-18)25-12-11-17-7-6-8-19(14-17)21(27)23-3/h6-10,13-14H,5,11-12,15H2,1-4H3,(H,23,27)(H2,24,25,26). The van der Waals surface area contributed by atoms with E-state index in [-0.39, 0.29) is 5.91 Å². The fraction of sp³-hybridized carbons (Fsp3) is 0.364. The van der Waals surface area contributed by atoms with Gasteiger partial charge in [0.25, 0.3) is 5.91 Å². The lowest BCUT2D eigenvalue weighted by atomic mass is 10.1. The molecule has 1 amide bonds. The summed E-state index contributed by atoms with van der Waals surface area (Å²) in [5, 5.41) is 9.27. The van der Waals surface area contributed by atoms with Gasteiger partial charge < -0.3 is 20.7 Å².